The average Bonchev–Trinajstić information content (AvgIpc) is 3.59. The molecule has 8 rings (SSSR count). The molecule has 1 aliphatic heterocycles. The van der Waals surface area contributed by atoms with Gasteiger partial charge in [-0.2, -0.15) is 0 Å². The van der Waals surface area contributed by atoms with Crippen molar-refractivity contribution >= 4 is 0 Å². The molecule has 45 heavy (non-hydrogen) atoms. The number of rotatable bonds is 5. The smallest absolute Gasteiger partial charge is 0.135 e. The van der Waals surface area contributed by atoms with Crippen molar-refractivity contribution in [2.75, 3.05) is 0 Å². The minimum absolute atomic E-state index is 0.150. The van der Waals surface area contributed by atoms with E-state index in [4.69, 9.17) is 9.15 Å². The highest BCUT2D eigenvalue weighted by molar-refractivity contribution is 5.95. The van der Waals surface area contributed by atoms with Gasteiger partial charge in [-0.3, -0.25) is 0 Å². The Hall–Kier alpha value is -5.60. The maximum absolute atomic E-state index is 6.61. The fourth-order valence-corrected chi connectivity index (χ4v) is 6.72. The van der Waals surface area contributed by atoms with E-state index in [0.717, 1.165) is 45.3 Å². The molecule has 0 unspecified atom stereocenters. The zero-order valence-electron chi connectivity index (χ0n) is 25.3. The molecule has 0 saturated heterocycles. The number of para-hydroxylation sites is 1. The summed E-state index contributed by atoms with van der Waals surface area (Å²) < 4.78 is 13.0. The second-order valence-electron chi connectivity index (χ2n) is 12.1. The summed E-state index contributed by atoms with van der Waals surface area (Å²) in [7, 11) is 0. The van der Waals surface area contributed by atoms with Gasteiger partial charge in [0.1, 0.15) is 23.0 Å². The van der Waals surface area contributed by atoms with Gasteiger partial charge in [-0.15, -0.1) is 0 Å². The Morgan fingerprint density at radius 1 is 0.378 bits per heavy atom. The number of hydrogen-bond acceptors (Lipinski definition) is 2. The molecule has 0 amide bonds. The topological polar surface area (TPSA) is 22.4 Å². The molecule has 0 aliphatic carbocycles. The van der Waals surface area contributed by atoms with Crippen LogP contribution in [0, 0.1) is 0 Å². The zero-order chi connectivity index (χ0) is 30.4. The highest BCUT2D eigenvalue weighted by Crippen LogP contribution is 2.49. The van der Waals surface area contributed by atoms with E-state index < -0.39 is 0 Å². The first-order valence-corrected chi connectivity index (χ1v) is 15.4. The highest BCUT2D eigenvalue weighted by Gasteiger charge is 2.34. The summed E-state index contributed by atoms with van der Waals surface area (Å²) in [6, 6.07) is 55.3. The van der Waals surface area contributed by atoms with Crippen LogP contribution in [0.2, 0.25) is 0 Å². The lowest BCUT2D eigenvalue weighted by Crippen LogP contribution is -2.24. The second kappa shape index (κ2) is 10.8. The Kier molecular flexibility index (Phi) is 6.50. The minimum Gasteiger partial charge on any atom is -0.457 e. The van der Waals surface area contributed by atoms with Gasteiger partial charge in [0, 0.05) is 27.7 Å². The third-order valence-corrected chi connectivity index (χ3v) is 9.04. The van der Waals surface area contributed by atoms with Gasteiger partial charge in [0.15, 0.2) is 0 Å². The monoisotopic (exact) mass is 580 g/mol. The minimum atomic E-state index is -0.150. The average molecular weight is 581 g/mol. The van der Waals surface area contributed by atoms with Gasteiger partial charge < -0.3 is 9.15 Å². The van der Waals surface area contributed by atoms with Gasteiger partial charge in [-0.1, -0.05) is 147 Å². The molecule has 2 nitrogen and oxygen atoms in total. The molecule has 0 bridgehead atoms. The van der Waals surface area contributed by atoms with E-state index >= 15 is 0 Å². The fourth-order valence-electron chi connectivity index (χ4n) is 6.72. The van der Waals surface area contributed by atoms with Crippen molar-refractivity contribution in [2.24, 2.45) is 0 Å². The predicted octanol–water partition coefficient (Wildman–Crippen LogP) is 12.0. The molecule has 2 heterocycles. The summed E-state index contributed by atoms with van der Waals surface area (Å²) in [6.45, 7) is 4.51. The van der Waals surface area contributed by atoms with Crippen molar-refractivity contribution in [3.8, 4) is 67.5 Å². The summed E-state index contributed by atoms with van der Waals surface area (Å²) in [6.07, 6.45) is 0. The van der Waals surface area contributed by atoms with Crippen LogP contribution in [0.5, 0.6) is 11.5 Å². The van der Waals surface area contributed by atoms with E-state index in [1.807, 2.05) is 12.1 Å². The molecule has 0 radical (unpaired) electrons. The summed E-state index contributed by atoms with van der Waals surface area (Å²) >= 11 is 0. The predicted molar refractivity (Wildman–Crippen MR) is 185 cm³/mol. The van der Waals surface area contributed by atoms with Crippen LogP contribution in [0.15, 0.2) is 162 Å². The maximum Gasteiger partial charge on any atom is 0.135 e. The van der Waals surface area contributed by atoms with E-state index in [9.17, 15) is 0 Å². The van der Waals surface area contributed by atoms with Crippen LogP contribution >= 0.6 is 0 Å². The first-order valence-electron chi connectivity index (χ1n) is 15.4. The Morgan fingerprint density at radius 2 is 0.889 bits per heavy atom. The summed E-state index contributed by atoms with van der Waals surface area (Å²) in [5, 5.41) is 0. The molecular formula is C43H32O2. The van der Waals surface area contributed by atoms with Crippen molar-refractivity contribution in [3.05, 3.63) is 169 Å². The zero-order valence-corrected chi connectivity index (χ0v) is 25.3. The molecule has 1 aliphatic rings. The largest absolute Gasteiger partial charge is 0.457 e. The standard InChI is InChI=1S/C43H32O2/c1-43(2)37-22-12-13-23-41(37)45-42-28-30(24-25-38(42)43)39-26-27-40(44-39)36-21-11-10-20-35(36)34-19-9-8-18-33(34)32-17-7-6-16-31(32)29-14-4-3-5-15-29/h3-28H,1-2H3. The highest BCUT2D eigenvalue weighted by atomic mass is 16.5. The summed E-state index contributed by atoms with van der Waals surface area (Å²) in [4.78, 5) is 0. The fraction of sp³-hybridized carbons (Fsp3) is 0.0698. The normalized spacial score (nSPS) is 13.0. The van der Waals surface area contributed by atoms with Gasteiger partial charge in [-0.05, 0) is 57.6 Å². The number of hydrogen-bond donors (Lipinski definition) is 0. The molecule has 0 fully saturated rings. The van der Waals surface area contributed by atoms with Crippen molar-refractivity contribution in [1.29, 1.82) is 0 Å². The third-order valence-electron chi connectivity index (χ3n) is 9.04. The molecule has 1 aromatic heterocycles. The molecule has 0 atom stereocenters. The van der Waals surface area contributed by atoms with Crippen molar-refractivity contribution in [3.63, 3.8) is 0 Å². The van der Waals surface area contributed by atoms with Crippen LogP contribution in [-0.4, -0.2) is 0 Å². The van der Waals surface area contributed by atoms with E-state index in [0.29, 0.717) is 0 Å². The lowest BCUT2D eigenvalue weighted by molar-refractivity contribution is 0.418. The van der Waals surface area contributed by atoms with E-state index in [-0.39, 0.29) is 5.41 Å². The first-order chi connectivity index (χ1) is 22.1. The molecule has 0 spiro atoms. The Balaban J connectivity index is 1.19. The number of furan rings is 1. The van der Waals surface area contributed by atoms with Gasteiger partial charge in [-0.25, -0.2) is 0 Å². The maximum atomic E-state index is 6.61. The molecule has 0 N–H and O–H groups in total. The van der Waals surface area contributed by atoms with E-state index in [2.05, 4.69) is 159 Å². The molecule has 6 aromatic carbocycles. The first kappa shape index (κ1) is 27.0. The Labute approximate surface area is 264 Å². The van der Waals surface area contributed by atoms with Crippen LogP contribution in [0.25, 0.3) is 56.0 Å². The SMILES string of the molecule is CC1(C)c2ccccc2Oc2cc(-c3ccc(-c4ccccc4-c4ccccc4-c4ccccc4-c4ccccc4)o3)ccc21. The lowest BCUT2D eigenvalue weighted by atomic mass is 9.75. The summed E-state index contributed by atoms with van der Waals surface area (Å²) in [5.74, 6) is 3.43. The summed E-state index contributed by atoms with van der Waals surface area (Å²) in [5.41, 5.74) is 11.4. The van der Waals surface area contributed by atoms with Crippen LogP contribution in [0.3, 0.4) is 0 Å². The Bertz CT molecular complexity index is 2170. The molecule has 0 saturated carbocycles. The van der Waals surface area contributed by atoms with Gasteiger partial charge in [0.2, 0.25) is 0 Å². The van der Waals surface area contributed by atoms with Crippen LogP contribution in [-0.2, 0) is 5.41 Å². The van der Waals surface area contributed by atoms with Gasteiger partial charge in [0.25, 0.3) is 0 Å². The van der Waals surface area contributed by atoms with Gasteiger partial charge >= 0.3 is 0 Å². The Morgan fingerprint density at radius 3 is 1.60 bits per heavy atom. The quantitative estimate of drug-likeness (QED) is 0.202. The van der Waals surface area contributed by atoms with Crippen molar-refractivity contribution < 1.29 is 9.15 Å². The number of ether oxygens (including phenoxy) is 1. The van der Waals surface area contributed by atoms with E-state index in [1.54, 1.807) is 0 Å². The lowest BCUT2D eigenvalue weighted by Gasteiger charge is -2.34. The number of benzene rings is 6. The molecule has 7 aromatic rings. The van der Waals surface area contributed by atoms with Gasteiger partial charge in [0.05, 0.1) is 0 Å². The molecule has 2 heteroatoms. The molecular weight excluding hydrogens is 548 g/mol. The molecule has 216 valence electrons. The van der Waals surface area contributed by atoms with Crippen LogP contribution in [0.4, 0.5) is 0 Å². The van der Waals surface area contributed by atoms with Crippen LogP contribution in [0.1, 0.15) is 25.0 Å². The third kappa shape index (κ3) is 4.67. The van der Waals surface area contributed by atoms with Crippen molar-refractivity contribution in [1.82, 2.24) is 0 Å². The number of fused-ring (bicyclic) bond motifs is 2. The van der Waals surface area contributed by atoms with Crippen LogP contribution < -0.4 is 4.74 Å². The van der Waals surface area contributed by atoms with E-state index in [1.165, 1.54) is 33.4 Å². The second-order valence-corrected chi connectivity index (χ2v) is 12.1. The van der Waals surface area contributed by atoms with Crippen molar-refractivity contribution in [2.45, 2.75) is 19.3 Å².